The molecule has 1 aliphatic carbocycles. The number of piperidine rings is 1. The first-order chi connectivity index (χ1) is 17.1. The third kappa shape index (κ3) is 4.89. The van der Waals surface area contributed by atoms with Crippen LogP contribution in [0.3, 0.4) is 0 Å². The number of alkyl halides is 6. The summed E-state index contributed by atoms with van der Waals surface area (Å²) >= 11 is 0. The molecule has 200 valence electrons. The van der Waals surface area contributed by atoms with E-state index in [1.807, 2.05) is 10.9 Å². The summed E-state index contributed by atoms with van der Waals surface area (Å²) in [6.45, 7) is 1.05. The minimum absolute atomic E-state index is 0.118. The van der Waals surface area contributed by atoms with Gasteiger partial charge in [-0.1, -0.05) is 0 Å². The lowest BCUT2D eigenvalue weighted by Crippen LogP contribution is -2.78. The number of nitrogens with one attached hydrogen (secondary N) is 3. The summed E-state index contributed by atoms with van der Waals surface area (Å²) in [5.41, 5.74) is -0.217. The molecule has 10 nitrogen and oxygen atoms in total. The van der Waals surface area contributed by atoms with Crippen LogP contribution >= 0.6 is 0 Å². The molecule has 1 saturated heterocycles. The van der Waals surface area contributed by atoms with Crippen LogP contribution in [0, 0.1) is 11.9 Å². The number of halogens is 7. The van der Waals surface area contributed by atoms with Crippen molar-refractivity contribution < 1.29 is 45.1 Å². The number of likely N-dealkylation sites (tertiary alicyclic amines) is 1. The van der Waals surface area contributed by atoms with Crippen molar-refractivity contribution in [3.63, 3.8) is 0 Å². The summed E-state index contributed by atoms with van der Waals surface area (Å²) < 4.78 is 94.0. The van der Waals surface area contributed by atoms with Gasteiger partial charge in [-0.15, -0.1) is 9.90 Å². The zero-order valence-corrected chi connectivity index (χ0v) is 18.7. The molecule has 2 heterocycles. The topological polar surface area (TPSA) is 121 Å². The second-order valence-electron chi connectivity index (χ2n) is 8.69. The van der Waals surface area contributed by atoms with Gasteiger partial charge in [0.15, 0.2) is 0 Å². The Bertz CT molecular complexity index is 1250. The van der Waals surface area contributed by atoms with Crippen LogP contribution in [0.25, 0.3) is 5.69 Å². The van der Waals surface area contributed by atoms with Crippen LogP contribution in [0.5, 0.6) is 0 Å². The lowest BCUT2D eigenvalue weighted by atomic mass is 9.63. The van der Waals surface area contributed by atoms with Gasteiger partial charge in [0.2, 0.25) is 5.91 Å². The monoisotopic (exact) mass is 537 g/mol. The van der Waals surface area contributed by atoms with Crippen molar-refractivity contribution in [2.45, 2.75) is 50.1 Å². The molecule has 1 aliphatic heterocycles. The number of hydrazine groups is 1. The van der Waals surface area contributed by atoms with Gasteiger partial charge in [0.1, 0.15) is 17.4 Å². The number of rotatable bonds is 3. The fraction of sp³-hybridized carbons (Fsp3) is 0.450. The van der Waals surface area contributed by atoms with E-state index in [1.54, 1.807) is 0 Å². The first-order valence-electron chi connectivity index (χ1n) is 10.7. The van der Waals surface area contributed by atoms with E-state index in [9.17, 15) is 45.1 Å². The highest BCUT2D eigenvalue weighted by atomic mass is 19.4. The molecular formula is C20H18F7N7O3. The van der Waals surface area contributed by atoms with Crippen LogP contribution in [0.4, 0.5) is 41.2 Å². The number of hydrogen-bond donors (Lipinski definition) is 3. The molecule has 4 amide bonds. The SMILES string of the molecule is CC(=O)NNC(=O)C12CC(CC(C(F)(F)F)C1)N2C(=O)Nc1ccc(C(F)(F)F)c(-n2ncc(F)n2)c1. The molecule has 3 unspecified atom stereocenters. The van der Waals surface area contributed by atoms with E-state index in [4.69, 9.17) is 0 Å². The number of fused-ring (bicyclic) bond motifs is 2. The summed E-state index contributed by atoms with van der Waals surface area (Å²) in [7, 11) is 0. The van der Waals surface area contributed by atoms with Gasteiger partial charge >= 0.3 is 18.4 Å². The summed E-state index contributed by atoms with van der Waals surface area (Å²) in [5.74, 6) is -4.81. The van der Waals surface area contributed by atoms with Crippen LogP contribution in [0.1, 0.15) is 31.7 Å². The summed E-state index contributed by atoms with van der Waals surface area (Å²) in [6, 6.07) is 0.210. The van der Waals surface area contributed by atoms with Crippen LogP contribution < -0.4 is 16.2 Å². The molecule has 17 heteroatoms. The number of aromatic nitrogens is 3. The van der Waals surface area contributed by atoms with Crippen molar-refractivity contribution in [2.24, 2.45) is 5.92 Å². The highest BCUT2D eigenvalue weighted by molar-refractivity contribution is 5.99. The first-order valence-corrected chi connectivity index (χ1v) is 10.7. The minimum atomic E-state index is -4.89. The Morgan fingerprint density at radius 1 is 1.08 bits per heavy atom. The van der Waals surface area contributed by atoms with Gasteiger partial charge in [-0.2, -0.15) is 35.8 Å². The van der Waals surface area contributed by atoms with Crippen LogP contribution in [0.15, 0.2) is 24.4 Å². The Morgan fingerprint density at radius 3 is 2.35 bits per heavy atom. The molecule has 1 aromatic heterocycles. The molecule has 2 fully saturated rings. The Kier molecular flexibility index (Phi) is 6.28. The molecule has 3 N–H and O–H groups in total. The number of anilines is 1. The van der Waals surface area contributed by atoms with Gasteiger partial charge in [-0.3, -0.25) is 20.4 Å². The number of urea groups is 1. The Labute approximate surface area is 203 Å². The predicted molar refractivity (Wildman–Crippen MR) is 109 cm³/mol. The lowest BCUT2D eigenvalue weighted by Gasteiger charge is -2.62. The number of carbonyl (C=O) groups excluding carboxylic acids is 3. The fourth-order valence-corrected chi connectivity index (χ4v) is 4.73. The number of benzene rings is 1. The number of amides is 4. The van der Waals surface area contributed by atoms with Crippen molar-refractivity contribution >= 4 is 23.5 Å². The zero-order chi connectivity index (χ0) is 27.3. The molecule has 1 saturated carbocycles. The third-order valence-corrected chi connectivity index (χ3v) is 6.23. The smallest absolute Gasteiger partial charge is 0.308 e. The van der Waals surface area contributed by atoms with Gasteiger partial charge in [0.25, 0.3) is 11.9 Å². The second kappa shape index (κ2) is 8.88. The van der Waals surface area contributed by atoms with Crippen molar-refractivity contribution in [3.8, 4) is 5.69 Å². The van der Waals surface area contributed by atoms with Crippen molar-refractivity contribution in [2.75, 3.05) is 5.32 Å². The second-order valence-corrected chi connectivity index (χ2v) is 8.69. The van der Waals surface area contributed by atoms with Crippen molar-refractivity contribution in [1.82, 2.24) is 30.7 Å². The van der Waals surface area contributed by atoms with Gasteiger partial charge in [-0.25, -0.2) is 4.79 Å². The summed E-state index contributed by atoms with van der Waals surface area (Å²) in [4.78, 5) is 38.3. The van der Waals surface area contributed by atoms with Crippen LogP contribution in [0.2, 0.25) is 0 Å². The van der Waals surface area contributed by atoms with E-state index in [0.717, 1.165) is 24.0 Å². The molecule has 0 radical (unpaired) electrons. The van der Waals surface area contributed by atoms with E-state index >= 15 is 0 Å². The average molecular weight is 537 g/mol. The van der Waals surface area contributed by atoms with E-state index in [0.29, 0.717) is 17.1 Å². The van der Waals surface area contributed by atoms with Crippen molar-refractivity contribution in [1.29, 1.82) is 0 Å². The van der Waals surface area contributed by atoms with Crippen LogP contribution in [-0.2, 0) is 15.8 Å². The zero-order valence-electron chi connectivity index (χ0n) is 18.7. The average Bonchev–Trinajstić information content (AvgIpc) is 3.21. The molecule has 4 rings (SSSR count). The van der Waals surface area contributed by atoms with E-state index in [1.165, 1.54) is 0 Å². The Balaban J connectivity index is 1.63. The lowest BCUT2D eigenvalue weighted by molar-refractivity contribution is -0.223. The summed E-state index contributed by atoms with van der Waals surface area (Å²) in [6.07, 6.45) is -10.3. The Hall–Kier alpha value is -3.92. The molecule has 37 heavy (non-hydrogen) atoms. The largest absolute Gasteiger partial charge is 0.418 e. The number of nitrogens with zero attached hydrogens (tertiary/aromatic N) is 4. The van der Waals surface area contributed by atoms with Gasteiger partial charge in [0, 0.05) is 25.1 Å². The molecule has 2 aliphatic rings. The number of carbonyl (C=O) groups is 3. The van der Waals surface area contributed by atoms with Gasteiger partial charge < -0.3 is 10.2 Å². The standard InChI is InChI=1S/C20H18F7N7O3/c1-9(35)30-31-16(36)18-6-10(19(22,23)24)4-12(7-18)33(18)17(37)29-11-2-3-13(20(25,26)27)14(5-11)34-28-8-15(21)32-34/h2-3,5,8,10,12H,4,6-7H2,1H3,(H,29,37)(H,30,35)(H,31,36). The summed E-state index contributed by atoms with van der Waals surface area (Å²) in [5, 5.41) is 8.88. The van der Waals surface area contributed by atoms with E-state index in [-0.39, 0.29) is 12.1 Å². The minimum Gasteiger partial charge on any atom is -0.308 e. The maximum absolute atomic E-state index is 13.5. The number of hydrogen-bond acceptors (Lipinski definition) is 5. The highest BCUT2D eigenvalue weighted by Crippen LogP contribution is 2.54. The maximum atomic E-state index is 13.5. The third-order valence-electron chi connectivity index (χ3n) is 6.23. The molecule has 1 aromatic carbocycles. The van der Waals surface area contributed by atoms with Crippen molar-refractivity contribution in [3.05, 3.63) is 35.9 Å². The molecule has 0 spiro atoms. The Morgan fingerprint density at radius 2 is 1.78 bits per heavy atom. The van der Waals surface area contributed by atoms with Gasteiger partial charge in [-0.05, 0) is 31.0 Å². The maximum Gasteiger partial charge on any atom is 0.418 e. The molecular weight excluding hydrogens is 519 g/mol. The van der Waals surface area contributed by atoms with E-state index < -0.39 is 77.7 Å². The highest BCUT2D eigenvalue weighted by Gasteiger charge is 2.66. The van der Waals surface area contributed by atoms with Gasteiger partial charge in [0.05, 0.1) is 11.5 Å². The quantitative estimate of drug-likeness (QED) is 0.411. The fourth-order valence-electron chi connectivity index (χ4n) is 4.73. The molecule has 2 bridgehead atoms. The predicted octanol–water partition coefficient (Wildman–Crippen LogP) is 2.91. The normalized spacial score (nSPS) is 23.2. The molecule has 3 atom stereocenters. The molecule has 2 aromatic rings. The first kappa shape index (κ1) is 26.2. The van der Waals surface area contributed by atoms with Crippen LogP contribution in [-0.4, -0.2) is 55.5 Å². The van der Waals surface area contributed by atoms with E-state index in [2.05, 4.69) is 15.5 Å².